The SMILES string of the molecule is CC(C)Nc1[nH]c(=O)ccc1C=N. The molecule has 0 bridgehead atoms. The highest BCUT2D eigenvalue weighted by molar-refractivity contribution is 5.83. The minimum Gasteiger partial charge on any atom is -0.369 e. The van der Waals surface area contributed by atoms with Gasteiger partial charge in [-0.2, -0.15) is 0 Å². The second-order valence-corrected chi connectivity index (χ2v) is 3.10. The maximum absolute atomic E-state index is 11.0. The first kappa shape index (κ1) is 9.51. The molecule has 0 fully saturated rings. The van der Waals surface area contributed by atoms with Gasteiger partial charge in [0.25, 0.3) is 0 Å². The zero-order valence-electron chi connectivity index (χ0n) is 7.72. The second-order valence-electron chi connectivity index (χ2n) is 3.10. The van der Waals surface area contributed by atoms with Crippen LogP contribution in [0.4, 0.5) is 5.82 Å². The van der Waals surface area contributed by atoms with Crippen molar-refractivity contribution in [2.75, 3.05) is 5.32 Å². The molecule has 13 heavy (non-hydrogen) atoms. The summed E-state index contributed by atoms with van der Waals surface area (Å²) >= 11 is 0. The van der Waals surface area contributed by atoms with E-state index in [4.69, 9.17) is 5.41 Å². The second kappa shape index (κ2) is 3.89. The fraction of sp³-hybridized carbons (Fsp3) is 0.333. The fourth-order valence-electron chi connectivity index (χ4n) is 1.01. The number of hydrogen-bond acceptors (Lipinski definition) is 3. The van der Waals surface area contributed by atoms with Crippen molar-refractivity contribution in [3.63, 3.8) is 0 Å². The van der Waals surface area contributed by atoms with Gasteiger partial charge in [-0.15, -0.1) is 0 Å². The van der Waals surface area contributed by atoms with E-state index in [0.717, 1.165) is 0 Å². The summed E-state index contributed by atoms with van der Waals surface area (Å²) in [7, 11) is 0. The Morgan fingerprint density at radius 2 is 2.23 bits per heavy atom. The molecule has 4 heteroatoms. The first-order valence-electron chi connectivity index (χ1n) is 4.14. The van der Waals surface area contributed by atoms with Gasteiger partial charge in [0.05, 0.1) is 0 Å². The Labute approximate surface area is 76.5 Å². The Bertz CT molecular complexity index is 354. The quantitative estimate of drug-likeness (QED) is 0.610. The molecule has 0 aliphatic carbocycles. The molecule has 0 spiro atoms. The number of pyridine rings is 1. The van der Waals surface area contributed by atoms with Gasteiger partial charge in [-0.1, -0.05) is 0 Å². The zero-order chi connectivity index (χ0) is 9.84. The minimum atomic E-state index is -0.159. The van der Waals surface area contributed by atoms with Crippen LogP contribution >= 0.6 is 0 Å². The number of aromatic nitrogens is 1. The van der Waals surface area contributed by atoms with Crippen molar-refractivity contribution in [2.24, 2.45) is 0 Å². The monoisotopic (exact) mass is 179 g/mol. The highest BCUT2D eigenvalue weighted by Crippen LogP contribution is 2.07. The molecule has 1 aromatic heterocycles. The summed E-state index contributed by atoms with van der Waals surface area (Å²) in [5.74, 6) is 0.609. The Hall–Kier alpha value is -1.58. The molecule has 1 heterocycles. The average Bonchev–Trinajstić information content (AvgIpc) is 2.03. The number of H-pyrrole nitrogens is 1. The molecule has 0 atom stereocenters. The molecule has 3 N–H and O–H groups in total. The van der Waals surface area contributed by atoms with Crippen LogP contribution in [0.3, 0.4) is 0 Å². The summed E-state index contributed by atoms with van der Waals surface area (Å²) in [6, 6.07) is 3.26. The van der Waals surface area contributed by atoms with Crippen LogP contribution in [-0.2, 0) is 0 Å². The third-order valence-corrected chi connectivity index (χ3v) is 1.54. The summed E-state index contributed by atoms with van der Waals surface area (Å²) in [6.45, 7) is 3.94. The third-order valence-electron chi connectivity index (χ3n) is 1.54. The molecule has 1 rings (SSSR count). The Morgan fingerprint density at radius 3 is 2.77 bits per heavy atom. The molecule has 70 valence electrons. The van der Waals surface area contributed by atoms with Crippen LogP contribution in [0.2, 0.25) is 0 Å². The molecule has 0 saturated heterocycles. The Morgan fingerprint density at radius 1 is 1.54 bits per heavy atom. The number of aromatic amines is 1. The highest BCUT2D eigenvalue weighted by atomic mass is 16.1. The van der Waals surface area contributed by atoms with Crippen LogP contribution in [0, 0.1) is 5.41 Å². The summed E-state index contributed by atoms with van der Waals surface area (Å²) < 4.78 is 0. The Balaban J connectivity index is 3.08. The topological polar surface area (TPSA) is 68.7 Å². The van der Waals surface area contributed by atoms with Crippen LogP contribution in [0.5, 0.6) is 0 Å². The lowest BCUT2D eigenvalue weighted by Gasteiger charge is -2.11. The van der Waals surface area contributed by atoms with Crippen LogP contribution < -0.4 is 10.9 Å². The lowest BCUT2D eigenvalue weighted by atomic mass is 10.2. The summed E-state index contributed by atoms with van der Waals surface area (Å²) in [5, 5.41) is 10.2. The van der Waals surface area contributed by atoms with E-state index in [2.05, 4.69) is 10.3 Å². The van der Waals surface area contributed by atoms with Crippen molar-refractivity contribution in [3.8, 4) is 0 Å². The Kier molecular flexibility index (Phi) is 2.84. The first-order valence-corrected chi connectivity index (χ1v) is 4.14. The molecule has 0 unspecified atom stereocenters. The number of anilines is 1. The van der Waals surface area contributed by atoms with Gasteiger partial charge in [0.2, 0.25) is 5.56 Å². The van der Waals surface area contributed by atoms with Crippen molar-refractivity contribution in [1.29, 1.82) is 5.41 Å². The van der Waals surface area contributed by atoms with E-state index in [1.54, 1.807) is 6.07 Å². The van der Waals surface area contributed by atoms with Crippen molar-refractivity contribution in [2.45, 2.75) is 19.9 Å². The van der Waals surface area contributed by atoms with Crippen molar-refractivity contribution < 1.29 is 0 Å². The summed E-state index contributed by atoms with van der Waals surface area (Å²) in [4.78, 5) is 13.6. The van der Waals surface area contributed by atoms with E-state index in [1.165, 1.54) is 12.3 Å². The van der Waals surface area contributed by atoms with Gasteiger partial charge in [0.15, 0.2) is 0 Å². The molecule has 0 saturated carbocycles. The maximum Gasteiger partial charge on any atom is 0.249 e. The molecular formula is C9H13N3O. The zero-order valence-corrected chi connectivity index (χ0v) is 7.72. The van der Waals surface area contributed by atoms with Crippen LogP contribution in [0.15, 0.2) is 16.9 Å². The number of rotatable bonds is 3. The lowest BCUT2D eigenvalue weighted by Crippen LogP contribution is -2.17. The van der Waals surface area contributed by atoms with E-state index in [1.807, 2.05) is 13.8 Å². The van der Waals surface area contributed by atoms with E-state index in [9.17, 15) is 4.79 Å². The molecular weight excluding hydrogens is 166 g/mol. The molecule has 1 aromatic rings. The molecule has 0 amide bonds. The molecule has 4 nitrogen and oxygen atoms in total. The normalized spacial score (nSPS) is 10.1. The standard InChI is InChI=1S/C9H13N3O/c1-6(2)11-9-7(5-10)3-4-8(13)12-9/h3-6,10H,1-2H3,(H2,11,12,13). The van der Waals surface area contributed by atoms with Crippen molar-refractivity contribution in [3.05, 3.63) is 28.0 Å². The fourth-order valence-corrected chi connectivity index (χ4v) is 1.01. The van der Waals surface area contributed by atoms with Gasteiger partial charge in [0, 0.05) is 23.9 Å². The average molecular weight is 179 g/mol. The largest absolute Gasteiger partial charge is 0.369 e. The molecule has 0 aliphatic heterocycles. The highest BCUT2D eigenvalue weighted by Gasteiger charge is 2.01. The summed E-state index contributed by atoms with van der Waals surface area (Å²) in [6.07, 6.45) is 1.21. The van der Waals surface area contributed by atoms with E-state index in [-0.39, 0.29) is 11.6 Å². The van der Waals surface area contributed by atoms with Gasteiger partial charge in [-0.05, 0) is 19.9 Å². The van der Waals surface area contributed by atoms with Crippen molar-refractivity contribution >= 4 is 12.0 Å². The van der Waals surface area contributed by atoms with Gasteiger partial charge in [0.1, 0.15) is 5.82 Å². The van der Waals surface area contributed by atoms with E-state index < -0.39 is 0 Å². The predicted octanol–water partition coefficient (Wildman–Crippen LogP) is 1.19. The smallest absolute Gasteiger partial charge is 0.249 e. The maximum atomic E-state index is 11.0. The van der Waals surface area contributed by atoms with E-state index in [0.29, 0.717) is 11.4 Å². The van der Waals surface area contributed by atoms with Gasteiger partial charge in [-0.3, -0.25) is 4.79 Å². The lowest BCUT2D eigenvalue weighted by molar-refractivity contribution is 0.886. The third kappa shape index (κ3) is 2.43. The van der Waals surface area contributed by atoms with Gasteiger partial charge < -0.3 is 15.7 Å². The summed E-state index contributed by atoms with van der Waals surface area (Å²) in [5.41, 5.74) is 0.530. The molecule has 0 aliphatic rings. The molecule has 0 aromatic carbocycles. The minimum absolute atomic E-state index is 0.159. The van der Waals surface area contributed by atoms with Crippen LogP contribution in [0.1, 0.15) is 19.4 Å². The van der Waals surface area contributed by atoms with Gasteiger partial charge >= 0.3 is 0 Å². The van der Waals surface area contributed by atoms with Crippen LogP contribution in [-0.4, -0.2) is 17.2 Å². The van der Waals surface area contributed by atoms with Crippen LogP contribution in [0.25, 0.3) is 0 Å². The number of nitrogens with one attached hydrogen (secondary N) is 3. The molecule has 0 radical (unpaired) electrons. The number of hydrogen-bond donors (Lipinski definition) is 3. The first-order chi connectivity index (χ1) is 6.13. The predicted molar refractivity (Wildman–Crippen MR) is 53.7 cm³/mol. The van der Waals surface area contributed by atoms with Gasteiger partial charge in [-0.25, -0.2) is 0 Å². The van der Waals surface area contributed by atoms with E-state index >= 15 is 0 Å². The van der Waals surface area contributed by atoms with Crippen molar-refractivity contribution in [1.82, 2.24) is 4.98 Å².